The van der Waals surface area contributed by atoms with E-state index in [1.165, 1.54) is 4.90 Å². The molecule has 0 spiro atoms. The fourth-order valence-corrected chi connectivity index (χ4v) is 1.18. The lowest BCUT2D eigenvalue weighted by Gasteiger charge is -2.21. The third kappa shape index (κ3) is 6.91. The zero-order valence-corrected chi connectivity index (χ0v) is 10.8. The summed E-state index contributed by atoms with van der Waals surface area (Å²) in [5, 5.41) is 2.55. The smallest absolute Gasteiger partial charge is 0.312 e. The standard InChI is InChI=1S/C11H22N2O4/c1-4-5-12-10(14)11(15)13(6-8-16-2)7-9-17-3/h4-9H2,1-3H3,(H,12,14). The second kappa shape index (κ2) is 10.0. The van der Waals surface area contributed by atoms with E-state index in [1.54, 1.807) is 14.2 Å². The molecule has 0 aliphatic heterocycles. The van der Waals surface area contributed by atoms with Crippen LogP contribution in [0.15, 0.2) is 0 Å². The van der Waals surface area contributed by atoms with E-state index in [0.29, 0.717) is 32.8 Å². The third-order valence-electron chi connectivity index (χ3n) is 2.15. The van der Waals surface area contributed by atoms with E-state index in [2.05, 4.69) is 5.32 Å². The minimum atomic E-state index is -0.570. The number of ether oxygens (including phenoxy) is 2. The number of hydrogen-bond acceptors (Lipinski definition) is 4. The first-order chi connectivity index (χ1) is 8.17. The molecule has 0 bridgehead atoms. The van der Waals surface area contributed by atoms with E-state index in [0.717, 1.165) is 6.42 Å². The molecule has 0 aromatic heterocycles. The second-order valence-electron chi connectivity index (χ2n) is 3.53. The molecule has 0 aromatic carbocycles. The zero-order valence-electron chi connectivity index (χ0n) is 10.8. The number of rotatable bonds is 8. The van der Waals surface area contributed by atoms with Gasteiger partial charge in [0.2, 0.25) is 0 Å². The van der Waals surface area contributed by atoms with Crippen LogP contribution in [0.25, 0.3) is 0 Å². The number of methoxy groups -OCH3 is 2. The molecular formula is C11H22N2O4. The van der Waals surface area contributed by atoms with E-state index in [-0.39, 0.29) is 0 Å². The molecule has 0 fully saturated rings. The highest BCUT2D eigenvalue weighted by molar-refractivity contribution is 6.35. The molecule has 1 N–H and O–H groups in total. The highest BCUT2D eigenvalue weighted by Gasteiger charge is 2.20. The Kier molecular flexibility index (Phi) is 9.37. The van der Waals surface area contributed by atoms with Crippen LogP contribution in [0.3, 0.4) is 0 Å². The van der Waals surface area contributed by atoms with Gasteiger partial charge in [0.1, 0.15) is 0 Å². The summed E-state index contributed by atoms with van der Waals surface area (Å²) in [5.74, 6) is -1.10. The third-order valence-corrected chi connectivity index (χ3v) is 2.15. The summed E-state index contributed by atoms with van der Waals surface area (Å²) in [5.41, 5.74) is 0. The van der Waals surface area contributed by atoms with E-state index in [4.69, 9.17) is 9.47 Å². The van der Waals surface area contributed by atoms with Gasteiger partial charge in [-0.1, -0.05) is 6.92 Å². The summed E-state index contributed by atoms with van der Waals surface area (Å²) < 4.78 is 9.79. The predicted octanol–water partition coefficient (Wildman–Crippen LogP) is -0.366. The van der Waals surface area contributed by atoms with Gasteiger partial charge in [-0.25, -0.2) is 0 Å². The molecule has 0 unspecified atom stereocenters. The van der Waals surface area contributed by atoms with Crippen molar-refractivity contribution in [2.45, 2.75) is 13.3 Å². The summed E-state index contributed by atoms with van der Waals surface area (Å²) in [6.45, 7) is 4.01. The van der Waals surface area contributed by atoms with Gasteiger partial charge in [-0.15, -0.1) is 0 Å². The van der Waals surface area contributed by atoms with Crippen LogP contribution >= 0.6 is 0 Å². The van der Waals surface area contributed by atoms with Crippen molar-refractivity contribution in [2.75, 3.05) is 47.1 Å². The lowest BCUT2D eigenvalue weighted by molar-refractivity contribution is -0.146. The predicted molar refractivity (Wildman–Crippen MR) is 63.6 cm³/mol. The average Bonchev–Trinajstić information content (AvgIpc) is 2.35. The quantitative estimate of drug-likeness (QED) is 0.594. The van der Waals surface area contributed by atoms with Gasteiger partial charge in [-0.05, 0) is 6.42 Å². The lowest BCUT2D eigenvalue weighted by Crippen LogP contribution is -2.45. The number of hydrogen-bond donors (Lipinski definition) is 1. The fraction of sp³-hybridized carbons (Fsp3) is 0.818. The monoisotopic (exact) mass is 246 g/mol. The van der Waals surface area contributed by atoms with Gasteiger partial charge in [0.25, 0.3) is 0 Å². The van der Waals surface area contributed by atoms with Crippen LogP contribution in [-0.4, -0.2) is 63.8 Å². The summed E-state index contributed by atoms with van der Waals surface area (Å²) >= 11 is 0. The Morgan fingerprint density at radius 1 is 1.12 bits per heavy atom. The van der Waals surface area contributed by atoms with Crippen LogP contribution in [0.5, 0.6) is 0 Å². The number of nitrogens with zero attached hydrogens (tertiary/aromatic N) is 1. The van der Waals surface area contributed by atoms with Crippen LogP contribution in [0, 0.1) is 0 Å². The molecule has 0 radical (unpaired) electrons. The van der Waals surface area contributed by atoms with Crippen molar-refractivity contribution in [3.05, 3.63) is 0 Å². The highest BCUT2D eigenvalue weighted by atomic mass is 16.5. The van der Waals surface area contributed by atoms with Crippen molar-refractivity contribution in [1.29, 1.82) is 0 Å². The van der Waals surface area contributed by atoms with E-state index >= 15 is 0 Å². The maximum atomic E-state index is 11.8. The molecule has 0 atom stereocenters. The Morgan fingerprint density at radius 2 is 1.65 bits per heavy atom. The van der Waals surface area contributed by atoms with Crippen molar-refractivity contribution in [2.24, 2.45) is 0 Å². The molecule has 0 heterocycles. The molecular weight excluding hydrogens is 224 g/mol. The van der Waals surface area contributed by atoms with Crippen molar-refractivity contribution in [1.82, 2.24) is 10.2 Å². The summed E-state index contributed by atoms with van der Waals surface area (Å²) in [4.78, 5) is 24.7. The van der Waals surface area contributed by atoms with Crippen LogP contribution in [-0.2, 0) is 19.1 Å². The lowest BCUT2D eigenvalue weighted by atomic mass is 10.4. The molecule has 0 aliphatic carbocycles. The van der Waals surface area contributed by atoms with Crippen molar-refractivity contribution in [3.63, 3.8) is 0 Å². The Hall–Kier alpha value is -1.14. The number of amides is 2. The van der Waals surface area contributed by atoms with E-state index in [9.17, 15) is 9.59 Å². The van der Waals surface area contributed by atoms with Crippen molar-refractivity contribution >= 4 is 11.8 Å². The van der Waals surface area contributed by atoms with Gasteiger partial charge in [0.15, 0.2) is 0 Å². The van der Waals surface area contributed by atoms with Crippen LogP contribution in [0.4, 0.5) is 0 Å². The van der Waals surface area contributed by atoms with Crippen molar-refractivity contribution < 1.29 is 19.1 Å². The number of carbonyl (C=O) groups excluding carboxylic acids is 2. The topological polar surface area (TPSA) is 67.9 Å². The Balaban J connectivity index is 4.23. The van der Waals surface area contributed by atoms with Crippen LogP contribution < -0.4 is 5.32 Å². The van der Waals surface area contributed by atoms with Gasteiger partial charge in [-0.2, -0.15) is 0 Å². The van der Waals surface area contributed by atoms with Gasteiger partial charge >= 0.3 is 11.8 Å². The number of carbonyl (C=O) groups is 2. The largest absolute Gasteiger partial charge is 0.383 e. The highest BCUT2D eigenvalue weighted by Crippen LogP contribution is 1.92. The van der Waals surface area contributed by atoms with Crippen LogP contribution in [0.1, 0.15) is 13.3 Å². The first kappa shape index (κ1) is 15.9. The Bertz CT molecular complexity index is 226. The molecule has 17 heavy (non-hydrogen) atoms. The SMILES string of the molecule is CCCNC(=O)C(=O)N(CCOC)CCOC. The molecule has 6 heteroatoms. The molecule has 0 aromatic rings. The summed E-state index contributed by atoms with van der Waals surface area (Å²) in [6, 6.07) is 0. The maximum Gasteiger partial charge on any atom is 0.312 e. The Morgan fingerprint density at radius 3 is 2.06 bits per heavy atom. The summed E-state index contributed by atoms with van der Waals surface area (Å²) in [7, 11) is 3.10. The second-order valence-corrected chi connectivity index (χ2v) is 3.53. The first-order valence-corrected chi connectivity index (χ1v) is 5.72. The molecule has 0 rings (SSSR count). The minimum absolute atomic E-state index is 0.387. The average molecular weight is 246 g/mol. The fourth-order valence-electron chi connectivity index (χ4n) is 1.18. The maximum absolute atomic E-state index is 11.8. The van der Waals surface area contributed by atoms with Gasteiger partial charge in [-0.3, -0.25) is 9.59 Å². The molecule has 2 amide bonds. The minimum Gasteiger partial charge on any atom is -0.383 e. The first-order valence-electron chi connectivity index (χ1n) is 5.72. The summed E-state index contributed by atoms with van der Waals surface area (Å²) in [6.07, 6.45) is 0.801. The van der Waals surface area contributed by atoms with Gasteiger partial charge in [0, 0.05) is 33.9 Å². The Labute approximate surface area is 102 Å². The van der Waals surface area contributed by atoms with E-state index in [1.807, 2.05) is 6.92 Å². The molecule has 0 saturated carbocycles. The van der Waals surface area contributed by atoms with Crippen molar-refractivity contribution in [3.8, 4) is 0 Å². The van der Waals surface area contributed by atoms with Gasteiger partial charge < -0.3 is 19.7 Å². The van der Waals surface area contributed by atoms with Gasteiger partial charge in [0.05, 0.1) is 13.2 Å². The zero-order chi connectivity index (χ0) is 13.1. The molecule has 0 saturated heterocycles. The molecule has 0 aliphatic rings. The van der Waals surface area contributed by atoms with E-state index < -0.39 is 11.8 Å². The molecule has 6 nitrogen and oxygen atoms in total. The molecule has 100 valence electrons. The van der Waals surface area contributed by atoms with Crippen LogP contribution in [0.2, 0.25) is 0 Å². The number of nitrogens with one attached hydrogen (secondary N) is 1. The normalized spacial score (nSPS) is 10.1.